The highest BCUT2D eigenvalue weighted by Gasteiger charge is 2.21. The molecule has 2 N–H and O–H groups in total. The summed E-state index contributed by atoms with van der Waals surface area (Å²) in [6.07, 6.45) is 9.27. The Hall–Kier alpha value is -3.74. The molecule has 0 saturated heterocycles. The molecule has 0 spiro atoms. The number of aliphatic imine (C=N–C) groups is 2. The Morgan fingerprint density at radius 3 is 1.36 bits per heavy atom. The Labute approximate surface area is 279 Å². The highest BCUT2D eigenvalue weighted by atomic mass is 32.1. The second-order valence-corrected chi connectivity index (χ2v) is 15.8. The van der Waals surface area contributed by atoms with Crippen LogP contribution < -0.4 is 0 Å². The van der Waals surface area contributed by atoms with Crippen molar-refractivity contribution in [3.05, 3.63) is 93.7 Å². The van der Waals surface area contributed by atoms with Crippen LogP contribution in [-0.4, -0.2) is 46.7 Å². The number of carbonyl (C=O) groups is 2. The monoisotopic (exact) mass is 686 g/mol. The number of carboxylic acid groups (broad SMARTS) is 2. The van der Waals surface area contributed by atoms with Crippen molar-refractivity contribution in [1.29, 1.82) is 0 Å². The molecular formula is C34H26N2O4S5. The fourth-order valence-corrected chi connectivity index (χ4v) is 11.1. The van der Waals surface area contributed by atoms with Crippen LogP contribution >= 0.6 is 56.7 Å². The Morgan fingerprint density at radius 1 is 0.556 bits per heavy atom. The fourth-order valence-electron chi connectivity index (χ4n) is 5.23. The predicted octanol–water partition coefficient (Wildman–Crippen LogP) is 9.41. The van der Waals surface area contributed by atoms with Gasteiger partial charge in [-0.2, -0.15) is 0 Å². The van der Waals surface area contributed by atoms with E-state index in [1.807, 2.05) is 0 Å². The molecule has 0 saturated carbocycles. The highest BCUT2D eigenvalue weighted by Crippen LogP contribution is 2.48. The van der Waals surface area contributed by atoms with Crippen molar-refractivity contribution in [2.75, 3.05) is 13.1 Å². The van der Waals surface area contributed by atoms with Gasteiger partial charge in [0.2, 0.25) is 0 Å². The van der Waals surface area contributed by atoms with Crippen LogP contribution in [0.25, 0.3) is 39.0 Å². The zero-order chi connectivity index (χ0) is 30.9. The van der Waals surface area contributed by atoms with Gasteiger partial charge in [-0.05, 0) is 84.7 Å². The van der Waals surface area contributed by atoms with Gasteiger partial charge in [-0.3, -0.25) is 19.6 Å². The SMILES string of the molecule is O=C(O)CCc1cc(-c2ccc(C3=NCC=C3)s2)sc1-c1ccc(-c2sc(-c3ccc(C4=NCC=C4)s3)cc2CCC(=O)O)s1. The van der Waals surface area contributed by atoms with Crippen molar-refractivity contribution < 1.29 is 19.8 Å². The summed E-state index contributed by atoms with van der Waals surface area (Å²) in [5, 5.41) is 18.9. The van der Waals surface area contributed by atoms with Crippen molar-refractivity contribution >= 4 is 80.0 Å². The van der Waals surface area contributed by atoms with Crippen molar-refractivity contribution in [2.45, 2.75) is 25.7 Å². The van der Waals surface area contributed by atoms with Crippen LogP contribution in [0.5, 0.6) is 0 Å². The summed E-state index contributed by atoms with van der Waals surface area (Å²) in [6, 6.07) is 17.0. The number of hydrogen-bond donors (Lipinski definition) is 2. The number of carboxylic acids is 2. The molecule has 5 aromatic heterocycles. The van der Waals surface area contributed by atoms with Gasteiger partial charge in [-0.15, -0.1) is 56.7 Å². The van der Waals surface area contributed by atoms with E-state index in [0.717, 1.165) is 84.4 Å². The van der Waals surface area contributed by atoms with Crippen molar-refractivity contribution in [2.24, 2.45) is 9.98 Å². The van der Waals surface area contributed by atoms with Crippen LogP contribution in [0.4, 0.5) is 0 Å². The summed E-state index contributed by atoms with van der Waals surface area (Å²) in [4.78, 5) is 43.3. The van der Waals surface area contributed by atoms with Crippen LogP contribution in [0.1, 0.15) is 33.7 Å². The molecular weight excluding hydrogens is 661 g/mol. The van der Waals surface area contributed by atoms with E-state index < -0.39 is 11.9 Å². The minimum Gasteiger partial charge on any atom is -0.481 e. The van der Waals surface area contributed by atoms with Crippen LogP contribution in [0.2, 0.25) is 0 Å². The van der Waals surface area contributed by atoms with Gasteiger partial charge in [0.15, 0.2) is 0 Å². The molecule has 0 amide bonds. The number of hydrogen-bond acceptors (Lipinski definition) is 9. The maximum atomic E-state index is 11.5. The number of rotatable bonds is 12. The van der Waals surface area contributed by atoms with E-state index in [9.17, 15) is 19.8 Å². The zero-order valence-corrected chi connectivity index (χ0v) is 27.9. The Morgan fingerprint density at radius 2 is 0.956 bits per heavy atom. The van der Waals surface area contributed by atoms with E-state index in [1.165, 1.54) is 0 Å². The topological polar surface area (TPSA) is 99.3 Å². The van der Waals surface area contributed by atoms with Crippen LogP contribution in [0.15, 0.2) is 82.8 Å². The maximum absolute atomic E-state index is 11.5. The second kappa shape index (κ2) is 12.9. The summed E-state index contributed by atoms with van der Waals surface area (Å²) < 4.78 is 0. The second-order valence-electron chi connectivity index (χ2n) is 10.5. The normalized spacial score (nSPS) is 14.0. The molecule has 5 aromatic rings. The van der Waals surface area contributed by atoms with Gasteiger partial charge >= 0.3 is 11.9 Å². The van der Waals surface area contributed by atoms with Gasteiger partial charge < -0.3 is 10.2 Å². The van der Waals surface area contributed by atoms with Crippen molar-refractivity contribution in [3.63, 3.8) is 0 Å². The van der Waals surface area contributed by atoms with Crippen LogP contribution in [0.3, 0.4) is 0 Å². The minimum atomic E-state index is -0.813. The third-order valence-corrected chi connectivity index (χ3v) is 13.8. The van der Waals surface area contributed by atoms with E-state index in [0.29, 0.717) is 12.8 Å². The predicted molar refractivity (Wildman–Crippen MR) is 191 cm³/mol. The van der Waals surface area contributed by atoms with E-state index in [-0.39, 0.29) is 12.8 Å². The molecule has 6 nitrogen and oxygen atoms in total. The van der Waals surface area contributed by atoms with Crippen LogP contribution in [0, 0.1) is 0 Å². The first-order chi connectivity index (χ1) is 21.9. The lowest BCUT2D eigenvalue weighted by Crippen LogP contribution is -1.97. The first kappa shape index (κ1) is 29.9. The third kappa shape index (κ3) is 6.49. The molecule has 0 atom stereocenters. The first-order valence-electron chi connectivity index (χ1n) is 14.3. The summed E-state index contributed by atoms with van der Waals surface area (Å²) in [7, 11) is 0. The maximum Gasteiger partial charge on any atom is 0.303 e. The quantitative estimate of drug-likeness (QED) is 0.137. The summed E-state index contributed by atoms with van der Waals surface area (Å²) in [5.41, 5.74) is 4.08. The first-order valence-corrected chi connectivity index (χ1v) is 18.4. The summed E-state index contributed by atoms with van der Waals surface area (Å²) in [5.74, 6) is -1.63. The van der Waals surface area contributed by atoms with Gasteiger partial charge in [-0.1, -0.05) is 12.2 Å². The van der Waals surface area contributed by atoms with Gasteiger partial charge in [0.05, 0.1) is 34.3 Å². The van der Waals surface area contributed by atoms with Gasteiger partial charge in [-0.25, -0.2) is 0 Å². The number of nitrogens with zero attached hydrogens (tertiary/aromatic N) is 2. The smallest absolute Gasteiger partial charge is 0.303 e. The van der Waals surface area contributed by atoms with Gasteiger partial charge in [0, 0.05) is 51.9 Å². The van der Waals surface area contributed by atoms with E-state index in [1.54, 1.807) is 56.7 Å². The number of allylic oxidation sites excluding steroid dienone is 2. The molecule has 0 bridgehead atoms. The molecule has 2 aliphatic heterocycles. The average Bonchev–Trinajstić information content (AvgIpc) is 3.85. The molecule has 2 aliphatic rings. The van der Waals surface area contributed by atoms with Crippen molar-refractivity contribution in [1.82, 2.24) is 0 Å². The number of aryl methyl sites for hydroxylation is 2. The lowest BCUT2D eigenvalue weighted by atomic mass is 10.1. The molecule has 11 heteroatoms. The largest absolute Gasteiger partial charge is 0.481 e. The Bertz CT molecular complexity index is 1900. The highest BCUT2D eigenvalue weighted by molar-refractivity contribution is 7.30. The minimum absolute atomic E-state index is 0.0668. The third-order valence-electron chi connectivity index (χ3n) is 7.38. The Balaban J connectivity index is 1.23. The van der Waals surface area contributed by atoms with Gasteiger partial charge in [0.1, 0.15) is 0 Å². The van der Waals surface area contributed by atoms with Crippen LogP contribution in [-0.2, 0) is 22.4 Å². The zero-order valence-electron chi connectivity index (χ0n) is 23.8. The lowest BCUT2D eigenvalue weighted by molar-refractivity contribution is -0.138. The van der Waals surface area contributed by atoms with E-state index >= 15 is 0 Å². The van der Waals surface area contributed by atoms with E-state index in [4.69, 9.17) is 0 Å². The number of aliphatic carboxylic acids is 2. The molecule has 7 rings (SSSR count). The molecule has 226 valence electrons. The standard InChI is InChI=1S/C34H26N2O4S5/c37-31(38)13-5-19-17-29(25-9-7-23(41-25)21-3-1-15-35-21)44-33(19)27-11-12-28(43-27)34-20(6-14-32(39)40)18-30(45-34)26-10-8-24(42-26)22-4-2-16-36-22/h1-4,7-12,17-18H,5-6,13-16H2,(H,37,38)(H,39,40). The summed E-state index contributed by atoms with van der Waals surface area (Å²) >= 11 is 8.49. The molecule has 0 aromatic carbocycles. The van der Waals surface area contributed by atoms with E-state index in [2.05, 4.69) is 82.8 Å². The molecule has 0 aliphatic carbocycles. The Kier molecular flexibility index (Phi) is 8.61. The fraction of sp³-hybridized carbons (Fsp3) is 0.176. The number of thiophene rings is 5. The lowest BCUT2D eigenvalue weighted by Gasteiger charge is -2.01. The molecule has 0 radical (unpaired) electrons. The van der Waals surface area contributed by atoms with Crippen molar-refractivity contribution in [3.8, 4) is 39.0 Å². The molecule has 7 heterocycles. The average molecular weight is 687 g/mol. The summed E-state index contributed by atoms with van der Waals surface area (Å²) in [6.45, 7) is 1.44. The van der Waals surface area contributed by atoms with Gasteiger partial charge in [0.25, 0.3) is 0 Å². The molecule has 0 fully saturated rings. The molecule has 0 unspecified atom stereocenters. The molecule has 45 heavy (non-hydrogen) atoms.